The molecule has 0 aliphatic rings. The van der Waals surface area contributed by atoms with Crippen LogP contribution in [-0.2, 0) is 6.61 Å². The Morgan fingerprint density at radius 1 is 1.44 bits per heavy atom. The van der Waals surface area contributed by atoms with Crippen LogP contribution < -0.4 is 5.32 Å². The molecule has 1 aromatic carbocycles. The van der Waals surface area contributed by atoms with E-state index in [4.69, 9.17) is 5.11 Å². The molecule has 16 heavy (non-hydrogen) atoms. The van der Waals surface area contributed by atoms with Gasteiger partial charge in [-0.2, -0.15) is 8.75 Å². The maximum absolute atomic E-state index is 11.7. The largest absolute Gasteiger partial charge is 0.392 e. The molecular formula is C10H9N3O2S. The van der Waals surface area contributed by atoms with Crippen molar-refractivity contribution in [3.63, 3.8) is 0 Å². The smallest absolute Gasteiger partial charge is 0.277 e. The normalized spacial score (nSPS) is 10.1. The number of anilines is 1. The lowest BCUT2D eigenvalue weighted by Gasteiger charge is -2.07. The van der Waals surface area contributed by atoms with Crippen LogP contribution in [-0.4, -0.2) is 19.8 Å². The standard InChI is InChI=1S/C10H9N3O2S/c14-6-7-3-1-2-4-8(7)12-10(15)9-5-11-16-13-9/h1-5,14H,6H2,(H,12,15). The van der Waals surface area contributed by atoms with Crippen molar-refractivity contribution in [2.24, 2.45) is 0 Å². The van der Waals surface area contributed by atoms with E-state index in [1.807, 2.05) is 0 Å². The minimum Gasteiger partial charge on any atom is -0.392 e. The van der Waals surface area contributed by atoms with Gasteiger partial charge in [-0.05, 0) is 6.07 Å². The van der Waals surface area contributed by atoms with Crippen molar-refractivity contribution in [1.29, 1.82) is 0 Å². The molecule has 0 unspecified atom stereocenters. The number of aliphatic hydroxyl groups excluding tert-OH is 1. The lowest BCUT2D eigenvalue weighted by Crippen LogP contribution is -2.13. The summed E-state index contributed by atoms with van der Waals surface area (Å²) in [6, 6.07) is 7.05. The van der Waals surface area contributed by atoms with Crippen LogP contribution in [0.1, 0.15) is 16.1 Å². The first-order valence-corrected chi connectivity index (χ1v) is 5.32. The van der Waals surface area contributed by atoms with Gasteiger partial charge in [0, 0.05) is 11.3 Å². The lowest BCUT2D eigenvalue weighted by atomic mass is 10.2. The number of para-hydroxylation sites is 1. The molecule has 0 spiro atoms. The van der Waals surface area contributed by atoms with Gasteiger partial charge in [0.05, 0.1) is 24.5 Å². The fraction of sp³-hybridized carbons (Fsp3) is 0.100. The van der Waals surface area contributed by atoms with Gasteiger partial charge in [0.2, 0.25) is 0 Å². The molecule has 2 rings (SSSR count). The summed E-state index contributed by atoms with van der Waals surface area (Å²) >= 11 is 0.978. The number of carbonyl (C=O) groups excluding carboxylic acids is 1. The van der Waals surface area contributed by atoms with E-state index in [0.29, 0.717) is 11.3 Å². The second kappa shape index (κ2) is 4.82. The zero-order chi connectivity index (χ0) is 11.4. The molecule has 2 N–H and O–H groups in total. The van der Waals surface area contributed by atoms with Gasteiger partial charge < -0.3 is 10.4 Å². The topological polar surface area (TPSA) is 75.1 Å². The van der Waals surface area contributed by atoms with Crippen LogP contribution >= 0.6 is 11.7 Å². The van der Waals surface area contributed by atoms with Crippen molar-refractivity contribution in [2.75, 3.05) is 5.32 Å². The van der Waals surface area contributed by atoms with E-state index in [1.54, 1.807) is 24.3 Å². The predicted octanol–water partition coefficient (Wildman–Crippen LogP) is 1.28. The third-order valence-electron chi connectivity index (χ3n) is 2.03. The van der Waals surface area contributed by atoms with Gasteiger partial charge in [-0.1, -0.05) is 18.2 Å². The zero-order valence-corrected chi connectivity index (χ0v) is 9.07. The van der Waals surface area contributed by atoms with Crippen molar-refractivity contribution >= 4 is 23.3 Å². The molecule has 0 aliphatic heterocycles. The summed E-state index contributed by atoms with van der Waals surface area (Å²) in [4.78, 5) is 11.7. The van der Waals surface area contributed by atoms with E-state index in [9.17, 15) is 4.79 Å². The Balaban J connectivity index is 2.18. The van der Waals surface area contributed by atoms with Crippen LogP contribution in [0.2, 0.25) is 0 Å². The molecule has 0 radical (unpaired) electrons. The molecule has 6 heteroatoms. The van der Waals surface area contributed by atoms with Crippen molar-refractivity contribution in [3.05, 3.63) is 41.7 Å². The highest BCUT2D eigenvalue weighted by Gasteiger charge is 2.10. The van der Waals surface area contributed by atoms with Crippen LogP contribution in [0, 0.1) is 0 Å². The third-order valence-corrected chi connectivity index (χ3v) is 2.51. The SMILES string of the molecule is O=C(Nc1ccccc1CO)c1cnsn1. The number of nitrogens with one attached hydrogen (secondary N) is 1. The molecule has 1 aromatic heterocycles. The molecule has 0 bridgehead atoms. The maximum Gasteiger partial charge on any atom is 0.277 e. The van der Waals surface area contributed by atoms with Gasteiger partial charge in [0.15, 0.2) is 5.69 Å². The van der Waals surface area contributed by atoms with E-state index < -0.39 is 0 Å². The second-order valence-electron chi connectivity index (χ2n) is 3.06. The molecule has 0 aliphatic carbocycles. The van der Waals surface area contributed by atoms with Crippen LogP contribution in [0.3, 0.4) is 0 Å². The molecule has 0 atom stereocenters. The quantitative estimate of drug-likeness (QED) is 0.840. The second-order valence-corrected chi connectivity index (χ2v) is 3.62. The number of aliphatic hydroxyl groups is 1. The number of hydrogen-bond donors (Lipinski definition) is 2. The Labute approximate surface area is 96.1 Å². The van der Waals surface area contributed by atoms with Crippen LogP contribution in [0.5, 0.6) is 0 Å². The van der Waals surface area contributed by atoms with Crippen LogP contribution in [0.4, 0.5) is 5.69 Å². The number of rotatable bonds is 3. The zero-order valence-electron chi connectivity index (χ0n) is 8.25. The summed E-state index contributed by atoms with van der Waals surface area (Å²) in [6.07, 6.45) is 1.40. The van der Waals surface area contributed by atoms with Crippen molar-refractivity contribution in [2.45, 2.75) is 6.61 Å². The Morgan fingerprint density at radius 2 is 2.25 bits per heavy atom. The fourth-order valence-corrected chi connectivity index (χ4v) is 1.64. The number of nitrogens with zero attached hydrogens (tertiary/aromatic N) is 2. The van der Waals surface area contributed by atoms with Gasteiger partial charge in [-0.3, -0.25) is 4.79 Å². The molecule has 82 valence electrons. The molecule has 0 saturated carbocycles. The first-order chi connectivity index (χ1) is 7.81. The Morgan fingerprint density at radius 3 is 2.94 bits per heavy atom. The number of aromatic nitrogens is 2. The van der Waals surface area contributed by atoms with Gasteiger partial charge >= 0.3 is 0 Å². The molecule has 1 heterocycles. The van der Waals surface area contributed by atoms with E-state index >= 15 is 0 Å². The third kappa shape index (κ3) is 2.23. The fourth-order valence-electron chi connectivity index (χ4n) is 1.23. The molecule has 0 saturated heterocycles. The minimum absolute atomic E-state index is 0.119. The Hall–Kier alpha value is -1.79. The average molecular weight is 235 g/mol. The summed E-state index contributed by atoms with van der Waals surface area (Å²) in [7, 11) is 0. The molecule has 0 fully saturated rings. The highest BCUT2D eigenvalue weighted by Crippen LogP contribution is 2.15. The highest BCUT2D eigenvalue weighted by atomic mass is 32.1. The Kier molecular flexibility index (Phi) is 3.23. The number of amides is 1. The summed E-state index contributed by atoms with van der Waals surface area (Å²) in [6.45, 7) is -0.119. The van der Waals surface area contributed by atoms with Gasteiger partial charge in [0.1, 0.15) is 0 Å². The van der Waals surface area contributed by atoms with E-state index in [0.717, 1.165) is 11.7 Å². The minimum atomic E-state index is -0.324. The van der Waals surface area contributed by atoms with E-state index in [-0.39, 0.29) is 18.2 Å². The lowest BCUT2D eigenvalue weighted by molar-refractivity contribution is 0.102. The maximum atomic E-state index is 11.7. The first-order valence-electron chi connectivity index (χ1n) is 4.59. The molecule has 1 amide bonds. The van der Waals surface area contributed by atoms with Crippen LogP contribution in [0.25, 0.3) is 0 Å². The number of benzene rings is 1. The molecule has 2 aromatic rings. The van der Waals surface area contributed by atoms with Gasteiger partial charge in [-0.25, -0.2) is 0 Å². The van der Waals surface area contributed by atoms with Crippen molar-refractivity contribution in [1.82, 2.24) is 8.75 Å². The molecular weight excluding hydrogens is 226 g/mol. The number of carbonyl (C=O) groups is 1. The Bertz CT molecular complexity index is 485. The van der Waals surface area contributed by atoms with Crippen LogP contribution in [0.15, 0.2) is 30.5 Å². The van der Waals surface area contributed by atoms with Crippen molar-refractivity contribution < 1.29 is 9.90 Å². The average Bonchev–Trinajstić information content (AvgIpc) is 2.83. The monoisotopic (exact) mass is 235 g/mol. The summed E-state index contributed by atoms with van der Waals surface area (Å²) in [5.74, 6) is -0.324. The van der Waals surface area contributed by atoms with E-state index in [2.05, 4.69) is 14.1 Å². The summed E-state index contributed by atoms with van der Waals surface area (Å²) < 4.78 is 7.57. The summed E-state index contributed by atoms with van der Waals surface area (Å²) in [5.41, 5.74) is 1.53. The van der Waals surface area contributed by atoms with Gasteiger partial charge in [0.25, 0.3) is 5.91 Å². The number of hydrogen-bond acceptors (Lipinski definition) is 5. The first kappa shape index (κ1) is 10.7. The van der Waals surface area contributed by atoms with Gasteiger partial charge in [-0.15, -0.1) is 0 Å². The molecule has 5 nitrogen and oxygen atoms in total. The highest BCUT2D eigenvalue weighted by molar-refractivity contribution is 6.99. The van der Waals surface area contributed by atoms with E-state index in [1.165, 1.54) is 6.20 Å². The predicted molar refractivity (Wildman–Crippen MR) is 60.2 cm³/mol. The van der Waals surface area contributed by atoms with Crippen molar-refractivity contribution in [3.8, 4) is 0 Å². The summed E-state index contributed by atoms with van der Waals surface area (Å²) in [5, 5.41) is 11.8.